The third kappa shape index (κ3) is 3.20. The van der Waals surface area contributed by atoms with Crippen LogP contribution in [-0.2, 0) is 6.54 Å². The van der Waals surface area contributed by atoms with Gasteiger partial charge in [-0.1, -0.05) is 6.07 Å². The molecule has 0 radical (unpaired) electrons. The first-order valence-electron chi connectivity index (χ1n) is 6.03. The van der Waals surface area contributed by atoms with Gasteiger partial charge in [0, 0.05) is 25.0 Å². The predicted octanol–water partition coefficient (Wildman–Crippen LogP) is 2.80. The third-order valence-electron chi connectivity index (χ3n) is 2.61. The van der Waals surface area contributed by atoms with Gasteiger partial charge in [-0.2, -0.15) is 4.98 Å². The summed E-state index contributed by atoms with van der Waals surface area (Å²) < 4.78 is 5.36. The Morgan fingerprint density at radius 3 is 2.94 bits per heavy atom. The quantitative estimate of drug-likeness (QED) is 0.877. The number of anilines is 1. The Balaban J connectivity index is 2.02. The van der Waals surface area contributed by atoms with Gasteiger partial charge in [0.1, 0.15) is 5.82 Å². The first-order valence-corrected chi connectivity index (χ1v) is 6.03. The van der Waals surface area contributed by atoms with E-state index < -0.39 is 0 Å². The maximum Gasteiger partial charge on any atom is 0.215 e. The van der Waals surface area contributed by atoms with E-state index in [-0.39, 0.29) is 0 Å². The van der Waals surface area contributed by atoms with Gasteiger partial charge in [-0.05, 0) is 37.1 Å². The zero-order valence-electron chi connectivity index (χ0n) is 10.7. The zero-order chi connectivity index (χ0) is 12.8. The Morgan fingerprint density at radius 2 is 2.17 bits per heavy atom. The van der Waals surface area contributed by atoms with E-state index in [1.54, 1.807) is 6.20 Å². The van der Waals surface area contributed by atoms with E-state index >= 15 is 0 Å². The number of nitrogens with one attached hydrogen (secondary N) is 1. The molecule has 0 fully saturated rings. The first kappa shape index (κ1) is 12.4. The van der Waals surface area contributed by atoms with Crippen LogP contribution in [0, 0.1) is 6.92 Å². The number of rotatable bonds is 5. The number of aryl methyl sites for hydroxylation is 1. The third-order valence-corrected chi connectivity index (χ3v) is 2.61. The molecule has 4 heteroatoms. The number of pyridine rings is 2. The van der Waals surface area contributed by atoms with Crippen molar-refractivity contribution in [2.24, 2.45) is 0 Å². The maximum absolute atomic E-state index is 5.36. The summed E-state index contributed by atoms with van der Waals surface area (Å²) in [5.41, 5.74) is 2.39. The van der Waals surface area contributed by atoms with Gasteiger partial charge in [0.15, 0.2) is 0 Å². The van der Waals surface area contributed by atoms with Gasteiger partial charge >= 0.3 is 0 Å². The highest BCUT2D eigenvalue weighted by atomic mass is 16.5. The van der Waals surface area contributed by atoms with Crippen molar-refractivity contribution in [1.82, 2.24) is 9.97 Å². The molecule has 0 atom stereocenters. The molecule has 0 amide bonds. The van der Waals surface area contributed by atoms with Gasteiger partial charge in [-0.3, -0.25) is 4.98 Å². The number of nitrogens with zero attached hydrogens (tertiary/aromatic N) is 2. The van der Waals surface area contributed by atoms with Crippen molar-refractivity contribution in [1.29, 1.82) is 0 Å². The topological polar surface area (TPSA) is 47.0 Å². The van der Waals surface area contributed by atoms with Crippen LogP contribution in [-0.4, -0.2) is 16.6 Å². The standard InChI is InChI=1S/C14H17N3O/c1-3-18-14-6-4-5-13(17-14)16-10-12-7-8-15-9-11(12)2/h4-9H,3,10H2,1-2H3,(H,16,17). The van der Waals surface area contributed by atoms with Crippen molar-refractivity contribution >= 4 is 5.82 Å². The molecule has 2 aromatic rings. The van der Waals surface area contributed by atoms with E-state index in [0.29, 0.717) is 12.5 Å². The fourth-order valence-electron chi connectivity index (χ4n) is 1.63. The highest BCUT2D eigenvalue weighted by Gasteiger charge is 2.00. The smallest absolute Gasteiger partial charge is 0.215 e. The lowest BCUT2D eigenvalue weighted by molar-refractivity contribution is 0.327. The predicted molar refractivity (Wildman–Crippen MR) is 71.7 cm³/mol. The number of hydrogen-bond donors (Lipinski definition) is 1. The molecule has 0 aliphatic heterocycles. The lowest BCUT2D eigenvalue weighted by Crippen LogP contribution is -2.04. The summed E-state index contributed by atoms with van der Waals surface area (Å²) in [6.07, 6.45) is 3.66. The van der Waals surface area contributed by atoms with Crippen LogP contribution in [0.3, 0.4) is 0 Å². The van der Waals surface area contributed by atoms with Gasteiger partial charge in [0.25, 0.3) is 0 Å². The van der Waals surface area contributed by atoms with Crippen molar-refractivity contribution in [2.75, 3.05) is 11.9 Å². The number of ether oxygens (including phenoxy) is 1. The molecule has 1 N–H and O–H groups in total. The fourth-order valence-corrected chi connectivity index (χ4v) is 1.63. The summed E-state index contributed by atoms with van der Waals surface area (Å²) >= 11 is 0. The SMILES string of the molecule is CCOc1cccc(NCc2ccncc2C)n1. The molecular weight excluding hydrogens is 226 g/mol. The molecule has 94 valence electrons. The van der Waals surface area contributed by atoms with Crippen molar-refractivity contribution in [2.45, 2.75) is 20.4 Å². The Bertz CT molecular complexity index is 514. The summed E-state index contributed by atoms with van der Waals surface area (Å²) in [6.45, 7) is 5.35. The van der Waals surface area contributed by atoms with Crippen LogP contribution in [0.1, 0.15) is 18.1 Å². The van der Waals surface area contributed by atoms with E-state index in [9.17, 15) is 0 Å². The van der Waals surface area contributed by atoms with Crippen LogP contribution >= 0.6 is 0 Å². The Hall–Kier alpha value is -2.10. The van der Waals surface area contributed by atoms with Gasteiger partial charge < -0.3 is 10.1 Å². The van der Waals surface area contributed by atoms with Crippen molar-refractivity contribution in [3.05, 3.63) is 47.8 Å². The molecule has 0 spiro atoms. The fraction of sp³-hybridized carbons (Fsp3) is 0.286. The molecule has 2 heterocycles. The second kappa shape index (κ2) is 6.00. The van der Waals surface area contributed by atoms with Crippen molar-refractivity contribution < 1.29 is 4.74 Å². The average Bonchev–Trinajstić information content (AvgIpc) is 2.39. The maximum atomic E-state index is 5.36. The Labute approximate surface area is 107 Å². The van der Waals surface area contributed by atoms with E-state index in [1.165, 1.54) is 11.1 Å². The lowest BCUT2D eigenvalue weighted by atomic mass is 10.1. The molecule has 2 rings (SSSR count). The van der Waals surface area contributed by atoms with Crippen LogP contribution in [0.2, 0.25) is 0 Å². The molecular formula is C14H17N3O. The minimum atomic E-state index is 0.625. The molecule has 0 bridgehead atoms. The second-order valence-corrected chi connectivity index (χ2v) is 3.95. The highest BCUT2D eigenvalue weighted by Crippen LogP contribution is 2.13. The summed E-state index contributed by atoms with van der Waals surface area (Å²) in [6, 6.07) is 7.72. The molecule has 0 aliphatic carbocycles. The molecule has 0 unspecified atom stereocenters. The van der Waals surface area contributed by atoms with Crippen LogP contribution < -0.4 is 10.1 Å². The zero-order valence-corrected chi connectivity index (χ0v) is 10.7. The highest BCUT2D eigenvalue weighted by molar-refractivity contribution is 5.38. The second-order valence-electron chi connectivity index (χ2n) is 3.95. The monoisotopic (exact) mass is 243 g/mol. The molecule has 0 saturated carbocycles. The van der Waals surface area contributed by atoms with Gasteiger partial charge in [-0.15, -0.1) is 0 Å². The van der Waals surface area contributed by atoms with Gasteiger partial charge in [0.2, 0.25) is 5.88 Å². The summed E-state index contributed by atoms with van der Waals surface area (Å²) in [4.78, 5) is 8.43. The lowest BCUT2D eigenvalue weighted by Gasteiger charge is -2.09. The number of hydrogen-bond acceptors (Lipinski definition) is 4. The van der Waals surface area contributed by atoms with Gasteiger partial charge in [0.05, 0.1) is 6.61 Å². The van der Waals surface area contributed by atoms with Crippen molar-refractivity contribution in [3.8, 4) is 5.88 Å². The van der Waals surface area contributed by atoms with E-state index in [0.717, 1.165) is 12.4 Å². The summed E-state index contributed by atoms with van der Waals surface area (Å²) in [5.74, 6) is 1.46. The number of aromatic nitrogens is 2. The molecule has 0 aliphatic rings. The average molecular weight is 243 g/mol. The normalized spacial score (nSPS) is 10.1. The Morgan fingerprint density at radius 1 is 1.28 bits per heavy atom. The summed E-state index contributed by atoms with van der Waals surface area (Å²) in [5, 5.41) is 3.28. The van der Waals surface area contributed by atoms with Crippen molar-refractivity contribution in [3.63, 3.8) is 0 Å². The van der Waals surface area contributed by atoms with Crippen LogP contribution in [0.15, 0.2) is 36.7 Å². The van der Waals surface area contributed by atoms with Crippen LogP contribution in [0.4, 0.5) is 5.82 Å². The molecule has 2 aromatic heterocycles. The minimum absolute atomic E-state index is 0.625. The van der Waals surface area contributed by atoms with Crippen LogP contribution in [0.5, 0.6) is 5.88 Å². The molecule has 4 nitrogen and oxygen atoms in total. The van der Waals surface area contributed by atoms with E-state index in [1.807, 2.05) is 44.3 Å². The summed E-state index contributed by atoms with van der Waals surface area (Å²) in [7, 11) is 0. The molecule has 0 saturated heterocycles. The molecule has 0 aromatic carbocycles. The van der Waals surface area contributed by atoms with Crippen LogP contribution in [0.25, 0.3) is 0 Å². The van der Waals surface area contributed by atoms with E-state index in [2.05, 4.69) is 15.3 Å². The van der Waals surface area contributed by atoms with Gasteiger partial charge in [-0.25, -0.2) is 0 Å². The Kier molecular flexibility index (Phi) is 4.12. The van der Waals surface area contributed by atoms with E-state index in [4.69, 9.17) is 4.74 Å². The molecule has 18 heavy (non-hydrogen) atoms. The first-order chi connectivity index (χ1) is 8.79. The largest absolute Gasteiger partial charge is 0.478 e. The minimum Gasteiger partial charge on any atom is -0.478 e.